The zero-order valence-electron chi connectivity index (χ0n) is 12.3. The summed E-state index contributed by atoms with van der Waals surface area (Å²) in [5, 5.41) is 5.94. The predicted molar refractivity (Wildman–Crippen MR) is 82.6 cm³/mol. The molecule has 0 bridgehead atoms. The van der Waals surface area contributed by atoms with Crippen LogP contribution in [0.25, 0.3) is 0 Å². The van der Waals surface area contributed by atoms with Gasteiger partial charge < -0.3 is 10.6 Å². The van der Waals surface area contributed by atoms with Crippen molar-refractivity contribution in [2.45, 2.75) is 6.42 Å². The van der Waals surface area contributed by atoms with Gasteiger partial charge in [0, 0.05) is 32.9 Å². The lowest BCUT2D eigenvalue weighted by Gasteiger charge is -2.25. The Bertz CT molecular complexity index is 614. The molecule has 1 amide bonds. The molecule has 0 aromatic heterocycles. The summed E-state index contributed by atoms with van der Waals surface area (Å²) in [5.74, 6) is -0.351. The van der Waals surface area contributed by atoms with Crippen LogP contribution in [0.4, 0.5) is 5.69 Å². The zero-order valence-corrected chi connectivity index (χ0v) is 13.1. The number of nitrogens with zero attached hydrogens (tertiary/aromatic N) is 1. The van der Waals surface area contributed by atoms with Crippen molar-refractivity contribution in [3.8, 4) is 0 Å². The number of nitrogens with one attached hydrogen (secondary N) is 2. The smallest absolute Gasteiger partial charge is 0.225 e. The van der Waals surface area contributed by atoms with Crippen molar-refractivity contribution in [3.05, 3.63) is 29.8 Å². The molecule has 0 saturated heterocycles. The highest BCUT2D eigenvalue weighted by atomic mass is 32.2. The van der Waals surface area contributed by atoms with Crippen molar-refractivity contribution in [2.24, 2.45) is 5.92 Å². The molecule has 1 atom stereocenters. The van der Waals surface area contributed by atoms with Crippen molar-refractivity contribution in [2.75, 3.05) is 38.3 Å². The number of sulfonamides is 1. The number of anilines is 1. The number of carbonyl (C=O) groups excluding carboxylic acids is 1. The van der Waals surface area contributed by atoms with E-state index >= 15 is 0 Å². The summed E-state index contributed by atoms with van der Waals surface area (Å²) in [5.41, 5.74) is 2.18. The van der Waals surface area contributed by atoms with Crippen LogP contribution in [0.5, 0.6) is 0 Å². The minimum absolute atomic E-state index is 0.0809. The Labute approximate surface area is 125 Å². The minimum Gasteiger partial charge on any atom is -0.384 e. The van der Waals surface area contributed by atoms with Gasteiger partial charge in [0.1, 0.15) is 0 Å². The summed E-state index contributed by atoms with van der Waals surface area (Å²) in [7, 11) is -0.300. The fourth-order valence-electron chi connectivity index (χ4n) is 2.26. The van der Waals surface area contributed by atoms with E-state index in [2.05, 4.69) is 10.6 Å². The SMILES string of the molecule is CN(C)S(=O)(=O)CCNC(=O)C1CNc2ccccc2C1. The second-order valence-electron chi connectivity index (χ2n) is 5.33. The van der Waals surface area contributed by atoms with Gasteiger partial charge in [0.15, 0.2) is 0 Å². The molecule has 2 N–H and O–H groups in total. The Morgan fingerprint density at radius 3 is 2.81 bits per heavy atom. The van der Waals surface area contributed by atoms with Crippen molar-refractivity contribution in [1.82, 2.24) is 9.62 Å². The maximum Gasteiger partial charge on any atom is 0.225 e. The third-order valence-electron chi connectivity index (χ3n) is 3.61. The van der Waals surface area contributed by atoms with Gasteiger partial charge in [-0.05, 0) is 18.1 Å². The lowest BCUT2D eigenvalue weighted by atomic mass is 9.93. The van der Waals surface area contributed by atoms with Crippen LogP contribution < -0.4 is 10.6 Å². The first-order valence-electron chi connectivity index (χ1n) is 6.90. The first-order chi connectivity index (χ1) is 9.90. The molecule has 0 fully saturated rings. The van der Waals surface area contributed by atoms with Gasteiger partial charge in [0.25, 0.3) is 0 Å². The largest absolute Gasteiger partial charge is 0.384 e. The van der Waals surface area contributed by atoms with Crippen LogP contribution in [0.3, 0.4) is 0 Å². The number of rotatable bonds is 5. The summed E-state index contributed by atoms with van der Waals surface area (Å²) in [6.45, 7) is 0.709. The topological polar surface area (TPSA) is 78.5 Å². The highest BCUT2D eigenvalue weighted by molar-refractivity contribution is 7.89. The Morgan fingerprint density at radius 2 is 2.10 bits per heavy atom. The first kappa shape index (κ1) is 15.8. The lowest BCUT2D eigenvalue weighted by molar-refractivity contribution is -0.124. The molecule has 1 aromatic carbocycles. The molecule has 1 unspecified atom stereocenters. The molecule has 6 nitrogen and oxygen atoms in total. The number of fused-ring (bicyclic) bond motifs is 1. The van der Waals surface area contributed by atoms with E-state index in [0.29, 0.717) is 13.0 Å². The normalized spacial score (nSPS) is 18.0. The van der Waals surface area contributed by atoms with Crippen molar-refractivity contribution in [3.63, 3.8) is 0 Å². The van der Waals surface area contributed by atoms with Crippen LogP contribution in [0.1, 0.15) is 5.56 Å². The highest BCUT2D eigenvalue weighted by Gasteiger charge is 2.24. The molecule has 7 heteroatoms. The molecule has 0 saturated carbocycles. The number of hydrogen-bond donors (Lipinski definition) is 2. The molecule has 1 aliphatic heterocycles. The lowest BCUT2D eigenvalue weighted by Crippen LogP contribution is -2.41. The van der Waals surface area contributed by atoms with Crippen molar-refractivity contribution >= 4 is 21.6 Å². The average Bonchev–Trinajstić information content (AvgIpc) is 2.46. The number of para-hydroxylation sites is 1. The Morgan fingerprint density at radius 1 is 1.38 bits per heavy atom. The Balaban J connectivity index is 1.86. The van der Waals surface area contributed by atoms with E-state index in [9.17, 15) is 13.2 Å². The molecule has 1 aromatic rings. The van der Waals surface area contributed by atoms with Gasteiger partial charge in [-0.25, -0.2) is 12.7 Å². The quantitative estimate of drug-likeness (QED) is 0.819. The second-order valence-corrected chi connectivity index (χ2v) is 7.63. The predicted octanol–water partition coefficient (Wildman–Crippen LogP) is 0.278. The van der Waals surface area contributed by atoms with E-state index in [4.69, 9.17) is 0 Å². The van der Waals surface area contributed by atoms with Crippen LogP contribution in [0, 0.1) is 5.92 Å². The maximum absolute atomic E-state index is 12.1. The van der Waals surface area contributed by atoms with E-state index in [1.54, 1.807) is 0 Å². The third kappa shape index (κ3) is 3.95. The van der Waals surface area contributed by atoms with Gasteiger partial charge in [-0.15, -0.1) is 0 Å². The summed E-state index contributed by atoms with van der Waals surface area (Å²) < 4.78 is 24.4. The number of hydrogen-bond acceptors (Lipinski definition) is 4. The average molecular weight is 311 g/mol. The summed E-state index contributed by atoms with van der Waals surface area (Å²) in [4.78, 5) is 12.1. The Hall–Kier alpha value is -1.60. The van der Waals surface area contributed by atoms with E-state index in [1.165, 1.54) is 14.1 Å². The summed E-state index contributed by atoms with van der Waals surface area (Å²) in [6, 6.07) is 7.90. The van der Waals surface area contributed by atoms with Crippen LogP contribution >= 0.6 is 0 Å². The second kappa shape index (κ2) is 6.44. The monoisotopic (exact) mass is 311 g/mol. The van der Waals surface area contributed by atoms with Gasteiger partial charge >= 0.3 is 0 Å². The fourth-order valence-corrected chi connectivity index (χ4v) is 2.98. The molecule has 116 valence electrons. The molecule has 2 rings (SSSR count). The Kier molecular flexibility index (Phi) is 4.84. The number of benzene rings is 1. The molecule has 1 heterocycles. The van der Waals surface area contributed by atoms with Gasteiger partial charge in [-0.2, -0.15) is 0 Å². The molecular formula is C14H21N3O3S. The van der Waals surface area contributed by atoms with E-state index in [0.717, 1.165) is 15.6 Å². The van der Waals surface area contributed by atoms with Gasteiger partial charge in [-0.1, -0.05) is 18.2 Å². The van der Waals surface area contributed by atoms with Crippen LogP contribution in [-0.4, -0.2) is 51.6 Å². The summed E-state index contributed by atoms with van der Waals surface area (Å²) >= 11 is 0. The van der Waals surface area contributed by atoms with Crippen molar-refractivity contribution < 1.29 is 13.2 Å². The molecule has 1 aliphatic rings. The zero-order chi connectivity index (χ0) is 15.5. The van der Waals surface area contributed by atoms with Gasteiger partial charge in [0.2, 0.25) is 15.9 Å². The minimum atomic E-state index is -3.27. The fraction of sp³-hybridized carbons (Fsp3) is 0.500. The summed E-state index contributed by atoms with van der Waals surface area (Å²) in [6.07, 6.45) is 0.676. The van der Waals surface area contributed by atoms with Crippen molar-refractivity contribution in [1.29, 1.82) is 0 Å². The molecule has 0 aliphatic carbocycles. The molecule has 0 radical (unpaired) electrons. The van der Waals surface area contributed by atoms with Gasteiger partial charge in [0.05, 0.1) is 11.7 Å². The third-order valence-corrected chi connectivity index (χ3v) is 5.44. The maximum atomic E-state index is 12.1. The standard InChI is InChI=1S/C14H21N3O3S/c1-17(2)21(19,20)8-7-15-14(18)12-9-11-5-3-4-6-13(11)16-10-12/h3-6,12,16H,7-10H2,1-2H3,(H,15,18). The van der Waals surface area contributed by atoms with E-state index in [1.807, 2.05) is 24.3 Å². The number of amides is 1. The van der Waals surface area contributed by atoms with E-state index < -0.39 is 10.0 Å². The highest BCUT2D eigenvalue weighted by Crippen LogP contribution is 2.24. The van der Waals surface area contributed by atoms with Gasteiger partial charge in [-0.3, -0.25) is 4.79 Å². The first-order valence-corrected chi connectivity index (χ1v) is 8.51. The molecule has 0 spiro atoms. The number of carbonyl (C=O) groups is 1. The van der Waals surface area contributed by atoms with Crippen LogP contribution in [0.2, 0.25) is 0 Å². The van der Waals surface area contributed by atoms with E-state index in [-0.39, 0.29) is 24.1 Å². The van der Waals surface area contributed by atoms with Crippen LogP contribution in [0.15, 0.2) is 24.3 Å². The molecular weight excluding hydrogens is 290 g/mol. The van der Waals surface area contributed by atoms with Crippen LogP contribution in [-0.2, 0) is 21.2 Å². The molecule has 21 heavy (non-hydrogen) atoms.